The number of methoxy groups -OCH3 is 1. The Morgan fingerprint density at radius 2 is 2.38 bits per heavy atom. The number of ether oxygens (including phenoxy) is 1. The number of nitrogens with two attached hydrogens (primary N) is 1. The molecule has 0 fully saturated rings. The molecule has 88 valence electrons. The van der Waals surface area contributed by atoms with Crippen LogP contribution in [0, 0.1) is 0 Å². The largest absolute Gasteiger partial charge is 0.383 e. The van der Waals surface area contributed by atoms with E-state index < -0.39 is 0 Å². The molecule has 0 aliphatic heterocycles. The zero-order valence-corrected chi connectivity index (χ0v) is 9.59. The zero-order valence-electron chi connectivity index (χ0n) is 9.59. The standard InChI is InChI=1S/C11H17N3O2/c1-14(7-9(12)8-16-2)11(15)10-5-3-4-6-13-10/h3-6,9H,7-8,12H2,1-2H3. The molecule has 1 atom stereocenters. The highest BCUT2D eigenvalue weighted by molar-refractivity contribution is 5.92. The van der Waals surface area contributed by atoms with E-state index in [0.29, 0.717) is 18.8 Å². The molecule has 16 heavy (non-hydrogen) atoms. The van der Waals surface area contributed by atoms with Crippen LogP contribution in [0.15, 0.2) is 24.4 Å². The number of nitrogens with zero attached hydrogens (tertiary/aromatic N) is 2. The number of amides is 1. The van der Waals surface area contributed by atoms with Crippen LogP contribution in [-0.4, -0.2) is 49.1 Å². The van der Waals surface area contributed by atoms with Crippen LogP contribution in [0.25, 0.3) is 0 Å². The molecule has 2 N–H and O–H groups in total. The molecule has 1 heterocycles. The molecule has 5 nitrogen and oxygen atoms in total. The lowest BCUT2D eigenvalue weighted by Crippen LogP contribution is -2.41. The van der Waals surface area contributed by atoms with Gasteiger partial charge in [-0.15, -0.1) is 0 Å². The van der Waals surface area contributed by atoms with Gasteiger partial charge in [-0.3, -0.25) is 9.78 Å². The minimum atomic E-state index is -0.178. The van der Waals surface area contributed by atoms with Crippen LogP contribution in [0.1, 0.15) is 10.5 Å². The van der Waals surface area contributed by atoms with Crippen LogP contribution in [0.3, 0.4) is 0 Å². The SMILES string of the molecule is COCC(N)CN(C)C(=O)c1ccccn1. The first kappa shape index (κ1) is 12.6. The third kappa shape index (κ3) is 3.60. The first-order valence-corrected chi connectivity index (χ1v) is 5.06. The van der Waals surface area contributed by atoms with E-state index in [1.165, 1.54) is 0 Å². The first-order chi connectivity index (χ1) is 7.65. The van der Waals surface area contributed by atoms with E-state index in [1.807, 2.05) is 0 Å². The van der Waals surface area contributed by atoms with Crippen LogP contribution in [0.5, 0.6) is 0 Å². The topological polar surface area (TPSA) is 68.5 Å². The van der Waals surface area contributed by atoms with Crippen LogP contribution in [-0.2, 0) is 4.74 Å². The van der Waals surface area contributed by atoms with Gasteiger partial charge in [-0.25, -0.2) is 0 Å². The maximum atomic E-state index is 11.9. The first-order valence-electron chi connectivity index (χ1n) is 5.06. The van der Waals surface area contributed by atoms with Gasteiger partial charge in [-0.1, -0.05) is 6.07 Å². The van der Waals surface area contributed by atoms with Crippen LogP contribution in [0.4, 0.5) is 0 Å². The van der Waals surface area contributed by atoms with E-state index in [4.69, 9.17) is 10.5 Å². The van der Waals surface area contributed by atoms with Crippen molar-refractivity contribution in [3.63, 3.8) is 0 Å². The predicted molar refractivity (Wildman–Crippen MR) is 61.0 cm³/mol. The number of aromatic nitrogens is 1. The van der Waals surface area contributed by atoms with Gasteiger partial charge in [0, 0.05) is 32.9 Å². The molecule has 0 aromatic carbocycles. The van der Waals surface area contributed by atoms with Crippen molar-refractivity contribution in [2.45, 2.75) is 6.04 Å². The van der Waals surface area contributed by atoms with Crippen molar-refractivity contribution in [3.05, 3.63) is 30.1 Å². The maximum Gasteiger partial charge on any atom is 0.272 e. The molecule has 0 saturated heterocycles. The summed E-state index contributed by atoms with van der Waals surface area (Å²) in [6.07, 6.45) is 1.59. The summed E-state index contributed by atoms with van der Waals surface area (Å²) in [5, 5.41) is 0. The molecule has 5 heteroatoms. The molecule has 0 aliphatic carbocycles. The van der Waals surface area contributed by atoms with Crippen LogP contribution in [0.2, 0.25) is 0 Å². The highest BCUT2D eigenvalue weighted by Gasteiger charge is 2.15. The van der Waals surface area contributed by atoms with E-state index in [1.54, 1.807) is 43.5 Å². The van der Waals surface area contributed by atoms with Crippen molar-refractivity contribution >= 4 is 5.91 Å². The Hall–Kier alpha value is -1.46. The maximum absolute atomic E-state index is 11.9. The van der Waals surface area contributed by atoms with Gasteiger partial charge in [-0.2, -0.15) is 0 Å². The summed E-state index contributed by atoms with van der Waals surface area (Å²) in [7, 11) is 3.28. The van der Waals surface area contributed by atoms with Gasteiger partial charge < -0.3 is 15.4 Å². The van der Waals surface area contributed by atoms with Gasteiger partial charge in [0.2, 0.25) is 0 Å². The minimum Gasteiger partial charge on any atom is -0.383 e. The smallest absolute Gasteiger partial charge is 0.272 e. The van der Waals surface area contributed by atoms with Gasteiger partial charge in [-0.05, 0) is 12.1 Å². The van der Waals surface area contributed by atoms with Gasteiger partial charge >= 0.3 is 0 Å². The Labute approximate surface area is 95.2 Å². The summed E-state index contributed by atoms with van der Waals surface area (Å²) in [6.45, 7) is 0.878. The molecule has 0 bridgehead atoms. The average molecular weight is 223 g/mol. The van der Waals surface area contributed by atoms with Crippen molar-refractivity contribution in [2.75, 3.05) is 27.3 Å². The quantitative estimate of drug-likeness (QED) is 0.770. The zero-order chi connectivity index (χ0) is 12.0. The number of likely N-dealkylation sites (N-methyl/N-ethyl adjacent to an activating group) is 1. The van der Waals surface area contributed by atoms with E-state index in [9.17, 15) is 4.79 Å². The van der Waals surface area contributed by atoms with Gasteiger partial charge in [0.15, 0.2) is 0 Å². The van der Waals surface area contributed by atoms with Crippen LogP contribution < -0.4 is 5.73 Å². The van der Waals surface area contributed by atoms with Crippen LogP contribution >= 0.6 is 0 Å². The monoisotopic (exact) mass is 223 g/mol. The summed E-state index contributed by atoms with van der Waals surface area (Å²) < 4.78 is 4.91. The fraction of sp³-hybridized carbons (Fsp3) is 0.455. The fourth-order valence-corrected chi connectivity index (χ4v) is 1.39. The van der Waals surface area contributed by atoms with E-state index >= 15 is 0 Å². The molecular weight excluding hydrogens is 206 g/mol. The second-order valence-corrected chi connectivity index (χ2v) is 3.62. The minimum absolute atomic E-state index is 0.132. The lowest BCUT2D eigenvalue weighted by Gasteiger charge is -2.20. The molecule has 0 radical (unpaired) electrons. The number of hydrogen-bond donors (Lipinski definition) is 1. The van der Waals surface area contributed by atoms with Crippen molar-refractivity contribution < 1.29 is 9.53 Å². The molecule has 1 rings (SSSR count). The number of carbonyl (C=O) groups is 1. The number of pyridine rings is 1. The van der Waals surface area contributed by atoms with Crippen molar-refractivity contribution in [1.29, 1.82) is 0 Å². The average Bonchev–Trinajstić information content (AvgIpc) is 2.29. The van der Waals surface area contributed by atoms with E-state index in [0.717, 1.165) is 0 Å². The Morgan fingerprint density at radius 3 is 2.94 bits per heavy atom. The molecule has 1 amide bonds. The second kappa shape index (κ2) is 6.19. The highest BCUT2D eigenvalue weighted by Crippen LogP contribution is 1.99. The summed E-state index contributed by atoms with van der Waals surface area (Å²) in [6, 6.07) is 5.06. The summed E-state index contributed by atoms with van der Waals surface area (Å²) in [4.78, 5) is 17.4. The second-order valence-electron chi connectivity index (χ2n) is 3.62. The van der Waals surface area contributed by atoms with Gasteiger partial charge in [0.05, 0.1) is 6.61 Å². The van der Waals surface area contributed by atoms with Gasteiger partial charge in [0.25, 0.3) is 5.91 Å². The molecular formula is C11H17N3O2. The molecule has 0 aliphatic rings. The lowest BCUT2D eigenvalue weighted by molar-refractivity contribution is 0.0759. The van der Waals surface area contributed by atoms with Crippen molar-refractivity contribution in [2.24, 2.45) is 5.73 Å². The van der Waals surface area contributed by atoms with E-state index in [-0.39, 0.29) is 11.9 Å². The summed E-state index contributed by atoms with van der Waals surface area (Å²) in [5.74, 6) is -0.132. The summed E-state index contributed by atoms with van der Waals surface area (Å²) in [5.41, 5.74) is 6.19. The normalized spacial score (nSPS) is 12.2. The number of hydrogen-bond acceptors (Lipinski definition) is 4. The lowest BCUT2D eigenvalue weighted by atomic mass is 10.2. The highest BCUT2D eigenvalue weighted by atomic mass is 16.5. The number of rotatable bonds is 5. The Bertz CT molecular complexity index is 329. The summed E-state index contributed by atoms with van der Waals surface area (Å²) >= 11 is 0. The predicted octanol–water partition coefficient (Wildman–Crippen LogP) is 0.127. The third-order valence-electron chi connectivity index (χ3n) is 2.12. The molecule has 1 unspecified atom stereocenters. The Balaban J connectivity index is 2.55. The molecule has 0 spiro atoms. The molecule has 0 saturated carbocycles. The van der Waals surface area contributed by atoms with Crippen molar-refractivity contribution in [3.8, 4) is 0 Å². The van der Waals surface area contributed by atoms with E-state index in [2.05, 4.69) is 4.98 Å². The number of carbonyl (C=O) groups excluding carboxylic acids is 1. The molecule has 1 aromatic rings. The third-order valence-corrected chi connectivity index (χ3v) is 2.12. The Morgan fingerprint density at radius 1 is 1.62 bits per heavy atom. The van der Waals surface area contributed by atoms with Crippen molar-refractivity contribution in [1.82, 2.24) is 9.88 Å². The Kier molecular flexibility index (Phi) is 4.88. The van der Waals surface area contributed by atoms with Gasteiger partial charge in [0.1, 0.15) is 5.69 Å². The fourth-order valence-electron chi connectivity index (χ4n) is 1.39. The molecule has 1 aromatic heterocycles.